The van der Waals surface area contributed by atoms with Crippen LogP contribution in [-0.2, 0) is 6.54 Å². The van der Waals surface area contributed by atoms with Crippen LogP contribution in [0.5, 0.6) is 0 Å². The molecule has 1 aliphatic rings. The van der Waals surface area contributed by atoms with Crippen molar-refractivity contribution in [2.24, 2.45) is 11.7 Å². The van der Waals surface area contributed by atoms with E-state index in [-0.39, 0.29) is 0 Å². The first-order valence-electron chi connectivity index (χ1n) is 6.05. The van der Waals surface area contributed by atoms with Crippen molar-refractivity contribution in [3.63, 3.8) is 0 Å². The second-order valence-electron chi connectivity index (χ2n) is 4.75. The van der Waals surface area contributed by atoms with Crippen molar-refractivity contribution >= 4 is 17.2 Å². The van der Waals surface area contributed by atoms with Crippen LogP contribution in [0, 0.1) is 25.2 Å². The van der Waals surface area contributed by atoms with Crippen LogP contribution in [0.1, 0.15) is 28.4 Å². The molecule has 0 amide bonds. The fourth-order valence-electron chi connectivity index (χ4n) is 2.20. The van der Waals surface area contributed by atoms with Crippen molar-refractivity contribution in [3.8, 4) is 0 Å². The third-order valence-electron chi connectivity index (χ3n) is 3.46. The number of amidine groups is 1. The number of piperidine rings is 1. The van der Waals surface area contributed by atoms with Gasteiger partial charge in [-0.3, -0.25) is 10.3 Å². The number of aryl methyl sites for hydroxylation is 2. The average Bonchev–Trinajstić information content (AvgIpc) is 2.58. The molecule has 0 aliphatic carbocycles. The van der Waals surface area contributed by atoms with Gasteiger partial charge in [0.1, 0.15) is 5.01 Å². The molecule has 94 valence electrons. The Kier molecular flexibility index (Phi) is 3.79. The SMILES string of the molecule is Cc1nc(CN2CCC(C(=N)N)CC2)sc1C. The predicted octanol–water partition coefficient (Wildman–Crippen LogP) is 1.91. The van der Waals surface area contributed by atoms with Crippen LogP contribution in [0.3, 0.4) is 0 Å². The highest BCUT2D eigenvalue weighted by Crippen LogP contribution is 2.22. The Morgan fingerprint density at radius 2 is 2.12 bits per heavy atom. The largest absolute Gasteiger partial charge is 0.387 e. The molecule has 0 unspecified atom stereocenters. The van der Waals surface area contributed by atoms with Gasteiger partial charge in [0.05, 0.1) is 18.1 Å². The lowest BCUT2D eigenvalue weighted by molar-refractivity contribution is 0.201. The monoisotopic (exact) mass is 252 g/mol. The third kappa shape index (κ3) is 3.04. The fraction of sp³-hybridized carbons (Fsp3) is 0.667. The minimum absolute atomic E-state index is 0.297. The van der Waals surface area contributed by atoms with Crippen molar-refractivity contribution in [3.05, 3.63) is 15.6 Å². The van der Waals surface area contributed by atoms with E-state index in [0.717, 1.165) is 38.2 Å². The highest BCUT2D eigenvalue weighted by atomic mass is 32.1. The molecule has 0 bridgehead atoms. The Bertz CT molecular complexity index is 385. The standard InChI is InChI=1S/C12H20N4S/c1-8-9(2)17-11(15-8)7-16-5-3-10(4-6-16)12(13)14/h10H,3-7H2,1-2H3,(H3,13,14). The maximum Gasteiger partial charge on any atom is 0.107 e. The molecule has 0 aromatic carbocycles. The number of nitrogens with one attached hydrogen (secondary N) is 1. The molecule has 5 heteroatoms. The summed E-state index contributed by atoms with van der Waals surface area (Å²) in [5.41, 5.74) is 6.70. The van der Waals surface area contributed by atoms with Crippen LogP contribution in [0.25, 0.3) is 0 Å². The number of nitrogens with zero attached hydrogens (tertiary/aromatic N) is 2. The molecule has 0 spiro atoms. The topological polar surface area (TPSA) is 66.0 Å². The van der Waals surface area contributed by atoms with Crippen LogP contribution in [0.15, 0.2) is 0 Å². The van der Waals surface area contributed by atoms with Crippen molar-refractivity contribution in [1.82, 2.24) is 9.88 Å². The van der Waals surface area contributed by atoms with E-state index < -0.39 is 0 Å². The fourth-order valence-corrected chi connectivity index (χ4v) is 3.18. The van der Waals surface area contributed by atoms with E-state index in [2.05, 4.69) is 23.7 Å². The van der Waals surface area contributed by atoms with Crippen LogP contribution in [0.2, 0.25) is 0 Å². The Morgan fingerprint density at radius 3 is 2.59 bits per heavy atom. The molecule has 4 nitrogen and oxygen atoms in total. The van der Waals surface area contributed by atoms with E-state index in [1.165, 1.54) is 9.88 Å². The van der Waals surface area contributed by atoms with Gasteiger partial charge in [0.15, 0.2) is 0 Å². The van der Waals surface area contributed by atoms with Gasteiger partial charge >= 0.3 is 0 Å². The highest BCUT2D eigenvalue weighted by molar-refractivity contribution is 7.11. The summed E-state index contributed by atoms with van der Waals surface area (Å²) in [5, 5.41) is 8.67. The normalized spacial score (nSPS) is 18.5. The average molecular weight is 252 g/mol. The molecule has 17 heavy (non-hydrogen) atoms. The first kappa shape index (κ1) is 12.5. The van der Waals surface area contributed by atoms with E-state index in [4.69, 9.17) is 11.1 Å². The van der Waals surface area contributed by atoms with Crippen molar-refractivity contribution < 1.29 is 0 Å². The van der Waals surface area contributed by atoms with Gasteiger partial charge in [-0.15, -0.1) is 11.3 Å². The maximum atomic E-state index is 7.46. The molecule has 2 rings (SSSR count). The van der Waals surface area contributed by atoms with Crippen molar-refractivity contribution in [1.29, 1.82) is 5.41 Å². The van der Waals surface area contributed by atoms with Crippen LogP contribution >= 0.6 is 11.3 Å². The zero-order valence-corrected chi connectivity index (χ0v) is 11.3. The maximum absolute atomic E-state index is 7.46. The van der Waals surface area contributed by atoms with Gasteiger partial charge in [0.25, 0.3) is 0 Å². The molecular formula is C12H20N4S. The molecule has 3 N–H and O–H groups in total. The second-order valence-corrected chi connectivity index (χ2v) is 6.04. The van der Waals surface area contributed by atoms with Crippen molar-refractivity contribution in [2.75, 3.05) is 13.1 Å². The molecular weight excluding hydrogens is 232 g/mol. The quantitative estimate of drug-likeness (QED) is 0.638. The summed E-state index contributed by atoms with van der Waals surface area (Å²) in [6.45, 7) is 7.20. The van der Waals surface area contributed by atoms with Gasteiger partial charge in [0.2, 0.25) is 0 Å². The van der Waals surface area contributed by atoms with E-state index in [9.17, 15) is 0 Å². The van der Waals surface area contributed by atoms with Crippen LogP contribution in [-0.4, -0.2) is 28.8 Å². The third-order valence-corrected chi connectivity index (χ3v) is 4.52. The van der Waals surface area contributed by atoms with E-state index in [1.807, 2.05) is 0 Å². The van der Waals surface area contributed by atoms with Gasteiger partial charge in [-0.05, 0) is 39.8 Å². The summed E-state index contributed by atoms with van der Waals surface area (Å²) < 4.78 is 0. The molecule has 0 radical (unpaired) electrons. The van der Waals surface area contributed by atoms with E-state index in [0.29, 0.717) is 11.8 Å². The minimum atomic E-state index is 0.297. The Hall–Kier alpha value is -0.940. The number of hydrogen-bond donors (Lipinski definition) is 2. The number of rotatable bonds is 3. The van der Waals surface area contributed by atoms with Gasteiger partial charge in [-0.25, -0.2) is 4.98 Å². The summed E-state index contributed by atoms with van der Waals surface area (Å²) in [5.74, 6) is 0.650. The zero-order chi connectivity index (χ0) is 12.4. The predicted molar refractivity (Wildman–Crippen MR) is 71.5 cm³/mol. The van der Waals surface area contributed by atoms with Crippen LogP contribution in [0.4, 0.5) is 0 Å². The molecule has 1 fully saturated rings. The van der Waals surface area contributed by atoms with Crippen LogP contribution < -0.4 is 5.73 Å². The number of hydrogen-bond acceptors (Lipinski definition) is 4. The molecule has 1 aliphatic heterocycles. The first-order chi connectivity index (χ1) is 8.06. The Balaban J connectivity index is 1.88. The molecule has 0 atom stereocenters. The lowest BCUT2D eigenvalue weighted by atomic mass is 9.96. The summed E-state index contributed by atoms with van der Waals surface area (Å²) in [6.07, 6.45) is 2.03. The van der Waals surface area contributed by atoms with Crippen molar-refractivity contribution in [2.45, 2.75) is 33.2 Å². The van der Waals surface area contributed by atoms with Gasteiger partial charge in [-0.1, -0.05) is 0 Å². The summed E-state index contributed by atoms with van der Waals surface area (Å²) in [7, 11) is 0. The number of nitrogens with two attached hydrogens (primary N) is 1. The molecule has 0 saturated carbocycles. The highest BCUT2D eigenvalue weighted by Gasteiger charge is 2.21. The zero-order valence-electron chi connectivity index (χ0n) is 10.5. The molecule has 2 heterocycles. The molecule has 1 aromatic heterocycles. The number of likely N-dealkylation sites (tertiary alicyclic amines) is 1. The summed E-state index contributed by atoms with van der Waals surface area (Å²) in [4.78, 5) is 8.30. The number of aromatic nitrogens is 1. The van der Waals surface area contributed by atoms with Gasteiger partial charge in [-0.2, -0.15) is 0 Å². The second kappa shape index (κ2) is 5.14. The lowest BCUT2D eigenvalue weighted by Crippen LogP contribution is -2.37. The Morgan fingerprint density at radius 1 is 1.47 bits per heavy atom. The summed E-state index contributed by atoms with van der Waals surface area (Å²) in [6, 6.07) is 0. The lowest BCUT2D eigenvalue weighted by Gasteiger charge is -2.30. The first-order valence-corrected chi connectivity index (χ1v) is 6.87. The molecule has 1 aromatic rings. The van der Waals surface area contributed by atoms with E-state index >= 15 is 0 Å². The molecule has 1 saturated heterocycles. The number of thiazole rings is 1. The van der Waals surface area contributed by atoms with E-state index in [1.54, 1.807) is 11.3 Å². The smallest absolute Gasteiger partial charge is 0.107 e. The van der Waals surface area contributed by atoms with Gasteiger partial charge in [0, 0.05) is 10.8 Å². The van der Waals surface area contributed by atoms with Gasteiger partial charge < -0.3 is 5.73 Å². The Labute approximate surface area is 106 Å². The minimum Gasteiger partial charge on any atom is -0.387 e. The summed E-state index contributed by atoms with van der Waals surface area (Å²) >= 11 is 1.80.